The minimum absolute atomic E-state index is 0.0127. The van der Waals surface area contributed by atoms with Gasteiger partial charge in [0.1, 0.15) is 6.10 Å². The minimum Gasteiger partial charge on any atom is -0.405 e. The molecule has 1 rings (SSSR count). The largest absolute Gasteiger partial charge is 0.405 e. The Bertz CT molecular complexity index is 609. The van der Waals surface area contributed by atoms with Crippen LogP contribution in [0.3, 0.4) is 0 Å². The van der Waals surface area contributed by atoms with Crippen LogP contribution in [-0.2, 0) is 11.2 Å². The Morgan fingerprint density at radius 2 is 2.04 bits per heavy atom. The van der Waals surface area contributed by atoms with Gasteiger partial charge in [-0.05, 0) is 55.3 Å². The van der Waals surface area contributed by atoms with Crippen LogP contribution in [-0.4, -0.2) is 35.1 Å². The number of aliphatic hydroxyl groups excluding tert-OH is 1. The molecule has 0 aliphatic carbocycles. The predicted molar refractivity (Wildman–Crippen MR) is 98.1 cm³/mol. The van der Waals surface area contributed by atoms with Crippen LogP contribution >= 0.6 is 0 Å². The maximum absolute atomic E-state index is 12.6. The predicted octanol–water partition coefficient (Wildman–Crippen LogP) is 1.76. The number of aliphatic hydroxyl groups is 1. The average Bonchev–Trinajstić information content (AvgIpc) is 2.55. The lowest BCUT2D eigenvalue weighted by atomic mass is 10.0. The first-order chi connectivity index (χ1) is 11.4. The van der Waals surface area contributed by atoms with Crippen molar-refractivity contribution in [2.24, 2.45) is 11.5 Å². The van der Waals surface area contributed by atoms with Gasteiger partial charge in [0, 0.05) is 12.2 Å². The summed E-state index contributed by atoms with van der Waals surface area (Å²) in [6.45, 7) is 6.84. The number of rotatable bonds is 8. The minimum atomic E-state index is -0.906. The Balaban J connectivity index is 2.79. The summed E-state index contributed by atoms with van der Waals surface area (Å²) in [5.41, 5.74) is 14.7. The van der Waals surface area contributed by atoms with Gasteiger partial charge in [-0.3, -0.25) is 4.79 Å². The van der Waals surface area contributed by atoms with Crippen molar-refractivity contribution >= 4 is 5.91 Å². The molecule has 0 spiro atoms. The van der Waals surface area contributed by atoms with Crippen LogP contribution in [0.15, 0.2) is 42.2 Å². The zero-order chi connectivity index (χ0) is 18.1. The molecule has 0 aliphatic heterocycles. The number of aryl methyl sites for hydroxylation is 2. The summed E-state index contributed by atoms with van der Waals surface area (Å²) in [7, 11) is 0. The normalized spacial score (nSPS) is 13.2. The van der Waals surface area contributed by atoms with E-state index in [-0.39, 0.29) is 18.1 Å². The van der Waals surface area contributed by atoms with Crippen molar-refractivity contribution in [2.45, 2.75) is 39.7 Å². The number of nitrogens with zero attached hydrogens (tertiary/aromatic N) is 1. The molecular formula is C19H29N3O2. The lowest BCUT2D eigenvalue weighted by Crippen LogP contribution is -2.40. The Kier molecular flexibility index (Phi) is 8.06. The van der Waals surface area contributed by atoms with E-state index in [9.17, 15) is 9.90 Å². The van der Waals surface area contributed by atoms with E-state index in [1.165, 1.54) is 17.3 Å². The molecule has 0 heterocycles. The quantitative estimate of drug-likeness (QED) is 0.633. The van der Waals surface area contributed by atoms with Crippen LogP contribution in [0.5, 0.6) is 0 Å². The number of carbonyl (C=O) groups is 1. The lowest BCUT2D eigenvalue weighted by Gasteiger charge is -2.25. The summed E-state index contributed by atoms with van der Waals surface area (Å²) in [5.74, 6) is -0.0127. The van der Waals surface area contributed by atoms with Crippen molar-refractivity contribution in [1.29, 1.82) is 0 Å². The molecule has 1 aromatic rings. The summed E-state index contributed by atoms with van der Waals surface area (Å²) in [6, 6.07) is 6.03. The summed E-state index contributed by atoms with van der Waals surface area (Å²) in [5, 5.41) is 10.2. The third-order valence-corrected chi connectivity index (χ3v) is 3.95. The second-order valence-corrected chi connectivity index (χ2v) is 6.00. The van der Waals surface area contributed by atoms with Gasteiger partial charge < -0.3 is 21.5 Å². The van der Waals surface area contributed by atoms with Crippen LogP contribution in [0.25, 0.3) is 0 Å². The highest BCUT2D eigenvalue weighted by Crippen LogP contribution is 2.12. The second kappa shape index (κ2) is 9.78. The Morgan fingerprint density at radius 3 is 2.62 bits per heavy atom. The molecule has 24 heavy (non-hydrogen) atoms. The third-order valence-electron chi connectivity index (χ3n) is 3.95. The summed E-state index contributed by atoms with van der Waals surface area (Å²) in [6.07, 6.45) is 4.67. The van der Waals surface area contributed by atoms with Gasteiger partial charge >= 0.3 is 0 Å². The topological polar surface area (TPSA) is 92.6 Å². The number of hydrogen-bond acceptors (Lipinski definition) is 4. The average molecular weight is 331 g/mol. The monoisotopic (exact) mass is 331 g/mol. The van der Waals surface area contributed by atoms with Crippen molar-refractivity contribution < 1.29 is 9.90 Å². The first-order valence-electron chi connectivity index (χ1n) is 8.24. The molecular weight excluding hydrogens is 302 g/mol. The first-order valence-corrected chi connectivity index (χ1v) is 8.24. The van der Waals surface area contributed by atoms with Crippen LogP contribution in [0.2, 0.25) is 0 Å². The number of nitrogens with two attached hydrogens (primary N) is 2. The standard InChI is InChI=1S/C19H29N3O2/c1-4-10-22(13-18(23)17(21)6-5-9-20)19(24)12-16-8-7-14(2)15(3)11-16/h5-9,11,18,23H,4,10,12-13,20-21H2,1-3H3/b9-5-,17-6-. The van der Waals surface area contributed by atoms with Gasteiger partial charge in [-0.2, -0.15) is 0 Å². The van der Waals surface area contributed by atoms with E-state index in [4.69, 9.17) is 11.5 Å². The van der Waals surface area contributed by atoms with Crippen LogP contribution in [0.1, 0.15) is 30.0 Å². The van der Waals surface area contributed by atoms with Crippen molar-refractivity contribution in [3.05, 3.63) is 58.9 Å². The van der Waals surface area contributed by atoms with E-state index >= 15 is 0 Å². The number of allylic oxidation sites excluding steroid dienone is 2. The van der Waals surface area contributed by atoms with Gasteiger partial charge in [-0.25, -0.2) is 0 Å². The van der Waals surface area contributed by atoms with Gasteiger partial charge in [-0.1, -0.05) is 25.1 Å². The van der Waals surface area contributed by atoms with Crippen LogP contribution in [0.4, 0.5) is 0 Å². The summed E-state index contributed by atoms with van der Waals surface area (Å²) < 4.78 is 0. The van der Waals surface area contributed by atoms with E-state index < -0.39 is 6.10 Å². The number of amides is 1. The van der Waals surface area contributed by atoms with Crippen LogP contribution in [0, 0.1) is 13.8 Å². The molecule has 132 valence electrons. The molecule has 0 bridgehead atoms. The van der Waals surface area contributed by atoms with Gasteiger partial charge in [0.25, 0.3) is 0 Å². The number of benzene rings is 1. The highest BCUT2D eigenvalue weighted by Gasteiger charge is 2.18. The SMILES string of the molecule is CCCN(CC(O)/C(N)=C/C=C\N)C(=O)Cc1ccc(C)c(C)c1. The Labute approximate surface area is 144 Å². The molecule has 1 unspecified atom stereocenters. The highest BCUT2D eigenvalue weighted by molar-refractivity contribution is 5.79. The molecule has 5 heteroatoms. The fourth-order valence-corrected chi connectivity index (χ4v) is 2.38. The van der Waals surface area contributed by atoms with E-state index in [0.29, 0.717) is 13.0 Å². The first kappa shape index (κ1) is 19.8. The second-order valence-electron chi connectivity index (χ2n) is 6.00. The van der Waals surface area contributed by atoms with Gasteiger partial charge in [0.15, 0.2) is 0 Å². The maximum Gasteiger partial charge on any atom is 0.227 e. The van der Waals surface area contributed by atoms with E-state index in [1.54, 1.807) is 17.1 Å². The maximum atomic E-state index is 12.6. The zero-order valence-corrected chi connectivity index (χ0v) is 14.8. The smallest absolute Gasteiger partial charge is 0.227 e. The van der Waals surface area contributed by atoms with E-state index in [0.717, 1.165) is 12.0 Å². The molecule has 0 saturated heterocycles. The van der Waals surface area contributed by atoms with E-state index in [2.05, 4.69) is 0 Å². The fourth-order valence-electron chi connectivity index (χ4n) is 2.38. The molecule has 1 atom stereocenters. The highest BCUT2D eigenvalue weighted by atomic mass is 16.3. The molecule has 1 amide bonds. The van der Waals surface area contributed by atoms with Crippen molar-refractivity contribution in [3.63, 3.8) is 0 Å². The fraction of sp³-hybridized carbons (Fsp3) is 0.421. The molecule has 0 aromatic heterocycles. The lowest BCUT2D eigenvalue weighted by molar-refractivity contribution is -0.131. The molecule has 0 radical (unpaired) electrons. The zero-order valence-electron chi connectivity index (χ0n) is 14.8. The summed E-state index contributed by atoms with van der Waals surface area (Å²) >= 11 is 0. The molecule has 0 aliphatic rings. The van der Waals surface area contributed by atoms with Crippen molar-refractivity contribution in [3.8, 4) is 0 Å². The molecule has 0 saturated carbocycles. The Morgan fingerprint density at radius 1 is 1.33 bits per heavy atom. The Hall–Kier alpha value is -2.27. The van der Waals surface area contributed by atoms with Gasteiger partial charge in [-0.15, -0.1) is 0 Å². The molecule has 0 fully saturated rings. The molecule has 1 aromatic carbocycles. The van der Waals surface area contributed by atoms with E-state index in [1.807, 2.05) is 39.0 Å². The molecule has 5 nitrogen and oxygen atoms in total. The van der Waals surface area contributed by atoms with Gasteiger partial charge in [0.2, 0.25) is 5.91 Å². The summed E-state index contributed by atoms with van der Waals surface area (Å²) in [4.78, 5) is 14.3. The van der Waals surface area contributed by atoms with Gasteiger partial charge in [0.05, 0.1) is 13.0 Å². The van der Waals surface area contributed by atoms with Crippen molar-refractivity contribution in [2.75, 3.05) is 13.1 Å². The van der Waals surface area contributed by atoms with Crippen molar-refractivity contribution in [1.82, 2.24) is 4.90 Å². The van der Waals surface area contributed by atoms with Crippen LogP contribution < -0.4 is 11.5 Å². The third kappa shape index (κ3) is 6.08. The number of hydrogen-bond donors (Lipinski definition) is 3. The molecule has 5 N–H and O–H groups in total. The number of carbonyl (C=O) groups excluding carboxylic acids is 1.